The number of aliphatic hydroxyl groups excluding tert-OH is 1. The van der Waals surface area contributed by atoms with Gasteiger partial charge in [-0.05, 0) is 24.0 Å². The summed E-state index contributed by atoms with van der Waals surface area (Å²) in [6, 6.07) is 5.14. The molecule has 2 aromatic rings. The molecule has 4 atom stereocenters. The quantitative estimate of drug-likeness (QED) is 0.551. The van der Waals surface area contributed by atoms with Crippen LogP contribution in [0.15, 0.2) is 18.5 Å². The van der Waals surface area contributed by atoms with Crippen LogP contribution < -0.4 is 5.73 Å². The number of nitriles is 1. The van der Waals surface area contributed by atoms with Crippen LogP contribution in [0.2, 0.25) is 0 Å². The van der Waals surface area contributed by atoms with Gasteiger partial charge in [-0.25, -0.2) is 9.50 Å². The highest BCUT2D eigenvalue weighted by molar-refractivity contribution is 5.70. The van der Waals surface area contributed by atoms with Gasteiger partial charge in [-0.3, -0.25) is 9.59 Å². The van der Waals surface area contributed by atoms with E-state index in [2.05, 4.69) is 10.1 Å². The molecular weight excluding hydrogens is 430 g/mol. The van der Waals surface area contributed by atoms with Gasteiger partial charge in [-0.1, -0.05) is 27.7 Å². The Kier molecular flexibility index (Phi) is 7.19. The third-order valence-electron chi connectivity index (χ3n) is 5.29. The maximum absolute atomic E-state index is 12.4. The molecule has 0 bridgehead atoms. The summed E-state index contributed by atoms with van der Waals surface area (Å²) in [5, 5.41) is 25.5. The molecule has 11 nitrogen and oxygen atoms in total. The Morgan fingerprint density at radius 2 is 1.94 bits per heavy atom. The van der Waals surface area contributed by atoms with Gasteiger partial charge in [0.15, 0.2) is 11.9 Å². The molecule has 0 saturated carbocycles. The minimum atomic E-state index is -1.95. The number of hydrogen-bond acceptors (Lipinski definition) is 10. The summed E-state index contributed by atoms with van der Waals surface area (Å²) in [6.45, 7) is 7.15. The lowest BCUT2D eigenvalue weighted by Gasteiger charge is -2.24. The summed E-state index contributed by atoms with van der Waals surface area (Å²) in [5.41, 5.74) is 4.53. The van der Waals surface area contributed by atoms with E-state index in [0.29, 0.717) is 5.52 Å². The zero-order valence-corrected chi connectivity index (χ0v) is 19.1. The molecule has 0 spiro atoms. The van der Waals surface area contributed by atoms with Crippen LogP contribution in [0, 0.1) is 23.2 Å². The molecule has 3 rings (SSSR count). The Hall–Kier alpha value is -3.23. The molecule has 11 heteroatoms. The molecule has 1 fully saturated rings. The normalized spacial score (nSPS) is 24.8. The monoisotopic (exact) mass is 459 g/mol. The molecule has 0 aliphatic carbocycles. The van der Waals surface area contributed by atoms with Crippen molar-refractivity contribution in [2.45, 2.75) is 64.4 Å². The Balaban J connectivity index is 1.95. The molecule has 3 heterocycles. The van der Waals surface area contributed by atoms with Gasteiger partial charge in [-0.2, -0.15) is 10.4 Å². The van der Waals surface area contributed by atoms with E-state index in [4.69, 9.17) is 19.9 Å². The van der Waals surface area contributed by atoms with Gasteiger partial charge >= 0.3 is 11.9 Å². The van der Waals surface area contributed by atoms with Crippen molar-refractivity contribution in [2.24, 2.45) is 11.8 Å². The zero-order valence-electron chi connectivity index (χ0n) is 19.1. The molecule has 1 aliphatic rings. The summed E-state index contributed by atoms with van der Waals surface area (Å²) in [6.07, 6.45) is -2.38. The highest BCUT2D eigenvalue weighted by atomic mass is 16.6. The third kappa shape index (κ3) is 4.91. The number of nitrogens with zero attached hydrogens (tertiary/aromatic N) is 4. The van der Waals surface area contributed by atoms with Crippen LogP contribution in [0.25, 0.3) is 5.52 Å². The lowest BCUT2D eigenvalue weighted by Crippen LogP contribution is -2.43. The molecule has 33 heavy (non-hydrogen) atoms. The van der Waals surface area contributed by atoms with E-state index in [1.165, 1.54) is 16.9 Å². The number of esters is 2. The van der Waals surface area contributed by atoms with E-state index in [0.717, 1.165) is 0 Å². The molecule has 1 aliphatic heterocycles. The van der Waals surface area contributed by atoms with Crippen LogP contribution in [0.3, 0.4) is 0 Å². The lowest BCUT2D eigenvalue weighted by atomic mass is 9.92. The summed E-state index contributed by atoms with van der Waals surface area (Å²) >= 11 is 0. The van der Waals surface area contributed by atoms with Crippen molar-refractivity contribution < 1.29 is 28.9 Å². The van der Waals surface area contributed by atoms with Crippen molar-refractivity contribution in [3.8, 4) is 6.07 Å². The second-order valence-corrected chi connectivity index (χ2v) is 8.94. The molecule has 1 saturated heterocycles. The minimum absolute atomic E-state index is 0.0225. The maximum atomic E-state index is 12.4. The fourth-order valence-corrected chi connectivity index (χ4v) is 3.78. The number of carbonyl (C=O) groups excluding carboxylic acids is 2. The molecular formula is C22H29N5O6. The van der Waals surface area contributed by atoms with Crippen LogP contribution in [-0.2, 0) is 29.4 Å². The van der Waals surface area contributed by atoms with Gasteiger partial charge in [0.05, 0.1) is 5.69 Å². The van der Waals surface area contributed by atoms with E-state index in [-0.39, 0.29) is 42.8 Å². The van der Waals surface area contributed by atoms with Crippen molar-refractivity contribution in [3.63, 3.8) is 0 Å². The van der Waals surface area contributed by atoms with E-state index in [1.54, 1.807) is 6.07 Å². The molecule has 0 radical (unpaired) electrons. The highest BCUT2D eigenvalue weighted by Crippen LogP contribution is 2.42. The van der Waals surface area contributed by atoms with Gasteiger partial charge in [0.1, 0.15) is 36.7 Å². The van der Waals surface area contributed by atoms with Crippen molar-refractivity contribution in [1.29, 1.82) is 5.26 Å². The Morgan fingerprint density at radius 1 is 1.27 bits per heavy atom. The summed E-state index contributed by atoms with van der Waals surface area (Å²) in [5.74, 6) is -0.734. The average Bonchev–Trinajstić information content (AvgIpc) is 3.27. The molecule has 0 amide bonds. The number of rotatable bonds is 8. The number of carbonyl (C=O) groups is 2. The molecule has 0 aromatic carbocycles. The Labute approximate surface area is 191 Å². The number of aromatic nitrogens is 3. The first-order chi connectivity index (χ1) is 15.6. The molecule has 3 N–H and O–H groups in total. The van der Waals surface area contributed by atoms with Crippen molar-refractivity contribution >= 4 is 23.3 Å². The number of nitrogens with two attached hydrogens (primary N) is 1. The van der Waals surface area contributed by atoms with Gasteiger partial charge in [0.25, 0.3) is 0 Å². The van der Waals surface area contributed by atoms with Crippen LogP contribution >= 0.6 is 0 Å². The van der Waals surface area contributed by atoms with E-state index in [1.807, 2.05) is 33.8 Å². The molecule has 0 unspecified atom stereocenters. The maximum Gasteiger partial charge on any atom is 0.306 e. The van der Waals surface area contributed by atoms with Gasteiger partial charge < -0.3 is 25.1 Å². The second kappa shape index (κ2) is 9.72. The van der Waals surface area contributed by atoms with Crippen LogP contribution in [-0.4, -0.2) is 56.6 Å². The highest BCUT2D eigenvalue weighted by Gasteiger charge is 2.60. The SMILES string of the molecule is CC(C)CC(=O)OC[C@H]1O[C@@](C#N)(c2ccc3c(N)ncnn23)[C@H](O)[C@@H]1OC(=O)CC(C)C. The summed E-state index contributed by atoms with van der Waals surface area (Å²) in [7, 11) is 0. The van der Waals surface area contributed by atoms with E-state index < -0.39 is 35.9 Å². The minimum Gasteiger partial charge on any atom is -0.463 e. The standard InChI is InChI=1S/C22H29N5O6/c1-12(2)7-17(28)31-9-15-19(32-18(29)8-13(3)4)20(30)22(10-23,33-15)16-6-5-14-21(24)25-11-26-27(14)16/h5-6,11-13,15,19-20,30H,7-9H2,1-4H3,(H2,24,25,26)/t15-,19-,20-,22+/m1/s1. The predicted octanol–water partition coefficient (Wildman–Crippen LogP) is 1.34. The summed E-state index contributed by atoms with van der Waals surface area (Å²) < 4.78 is 18.2. The predicted molar refractivity (Wildman–Crippen MR) is 115 cm³/mol. The fourth-order valence-electron chi connectivity index (χ4n) is 3.78. The van der Waals surface area contributed by atoms with Gasteiger partial charge in [0, 0.05) is 12.8 Å². The number of anilines is 1. The number of hydrogen-bond donors (Lipinski definition) is 2. The number of aliphatic hydroxyl groups is 1. The lowest BCUT2D eigenvalue weighted by molar-refractivity contribution is -0.161. The number of fused-ring (bicyclic) bond motifs is 1. The fraction of sp³-hybridized carbons (Fsp3) is 0.591. The molecule has 2 aromatic heterocycles. The number of ether oxygens (including phenoxy) is 3. The van der Waals surface area contributed by atoms with Crippen molar-refractivity contribution in [2.75, 3.05) is 12.3 Å². The largest absolute Gasteiger partial charge is 0.463 e. The summed E-state index contributed by atoms with van der Waals surface area (Å²) in [4.78, 5) is 28.4. The van der Waals surface area contributed by atoms with Crippen LogP contribution in [0.1, 0.15) is 46.2 Å². The smallest absolute Gasteiger partial charge is 0.306 e. The van der Waals surface area contributed by atoms with Gasteiger partial charge in [0.2, 0.25) is 5.60 Å². The van der Waals surface area contributed by atoms with Crippen LogP contribution in [0.4, 0.5) is 5.82 Å². The second-order valence-electron chi connectivity index (χ2n) is 8.94. The first kappa shape index (κ1) is 24.4. The van der Waals surface area contributed by atoms with Crippen molar-refractivity contribution in [3.05, 3.63) is 24.2 Å². The number of nitrogen functional groups attached to an aromatic ring is 1. The average molecular weight is 460 g/mol. The third-order valence-corrected chi connectivity index (χ3v) is 5.29. The Bertz CT molecular complexity index is 1060. The van der Waals surface area contributed by atoms with E-state index >= 15 is 0 Å². The van der Waals surface area contributed by atoms with Crippen LogP contribution in [0.5, 0.6) is 0 Å². The van der Waals surface area contributed by atoms with Crippen molar-refractivity contribution in [1.82, 2.24) is 14.6 Å². The molecule has 178 valence electrons. The topological polar surface area (TPSA) is 162 Å². The van der Waals surface area contributed by atoms with Gasteiger partial charge in [-0.15, -0.1) is 0 Å². The zero-order chi connectivity index (χ0) is 24.3. The first-order valence-corrected chi connectivity index (χ1v) is 10.8. The van der Waals surface area contributed by atoms with E-state index in [9.17, 15) is 20.0 Å². The Morgan fingerprint density at radius 3 is 2.58 bits per heavy atom. The first-order valence-electron chi connectivity index (χ1n) is 10.8.